The molecule has 0 N–H and O–H groups in total. The number of carboxylic acid groups (broad SMARTS) is 2. The van der Waals surface area contributed by atoms with Crippen molar-refractivity contribution in [2.24, 2.45) is 0 Å². The number of aryl methyl sites for hydroxylation is 2. The summed E-state index contributed by atoms with van der Waals surface area (Å²) < 4.78 is 7.03. The molecule has 0 aliphatic carbocycles. The van der Waals surface area contributed by atoms with Crippen molar-refractivity contribution >= 4 is 29.8 Å². The predicted molar refractivity (Wildman–Crippen MR) is 97.4 cm³/mol. The van der Waals surface area contributed by atoms with Gasteiger partial charge in [0, 0.05) is 28.9 Å². The first-order valence-corrected chi connectivity index (χ1v) is 8.99. The Balaban J connectivity index is 2.02. The molecule has 0 fully saturated rings. The number of benzene rings is 1. The third-order valence-corrected chi connectivity index (χ3v) is 4.85. The zero-order valence-electron chi connectivity index (χ0n) is 15.3. The Morgan fingerprint density at radius 3 is 2.50 bits per heavy atom. The van der Waals surface area contributed by atoms with Gasteiger partial charge in [0.1, 0.15) is 0 Å². The molecule has 0 saturated carbocycles. The lowest BCUT2D eigenvalue weighted by Gasteiger charge is -2.12. The molecule has 2 heterocycles. The van der Waals surface area contributed by atoms with Gasteiger partial charge in [-0.2, -0.15) is 0 Å². The molecule has 1 aromatic carbocycles. The summed E-state index contributed by atoms with van der Waals surface area (Å²) >= 11 is 0.802. The van der Waals surface area contributed by atoms with Crippen LogP contribution in [-0.4, -0.2) is 26.7 Å². The fourth-order valence-electron chi connectivity index (χ4n) is 2.79. The topological polar surface area (TPSA) is 124 Å². The standard InChI is InChI=1S/C19H17N3O5S/c1-10-7-14(9-16(18(25)26)28-19-21-20-12(3)27-19)11(2)22(10)15-6-4-5-13(8-15)17(23)24/h4-9H,1-3H3,(H,23,24)(H,25,26)/p-2/b16-9-. The second kappa shape index (κ2) is 7.73. The molecule has 0 saturated heterocycles. The van der Waals surface area contributed by atoms with Crippen LogP contribution in [0.15, 0.2) is 44.9 Å². The molecule has 9 heteroatoms. The van der Waals surface area contributed by atoms with Gasteiger partial charge in [-0.3, -0.25) is 0 Å². The molecule has 0 aliphatic heterocycles. The molecular formula is C19H15N3O5S-2. The van der Waals surface area contributed by atoms with Crippen LogP contribution in [0, 0.1) is 20.8 Å². The lowest BCUT2D eigenvalue weighted by Crippen LogP contribution is -2.23. The normalized spacial score (nSPS) is 11.6. The number of carboxylic acids is 2. The van der Waals surface area contributed by atoms with Crippen LogP contribution in [0.25, 0.3) is 11.8 Å². The molecule has 3 rings (SSSR count). The highest BCUT2D eigenvalue weighted by Gasteiger charge is 2.13. The van der Waals surface area contributed by atoms with Gasteiger partial charge < -0.3 is 28.8 Å². The Morgan fingerprint density at radius 1 is 1.14 bits per heavy atom. The highest BCUT2D eigenvalue weighted by Crippen LogP contribution is 2.29. The number of aromatic nitrogens is 3. The van der Waals surface area contributed by atoms with E-state index in [-0.39, 0.29) is 15.7 Å². The highest BCUT2D eigenvalue weighted by molar-refractivity contribution is 8.03. The largest absolute Gasteiger partial charge is 0.545 e. The van der Waals surface area contributed by atoms with E-state index < -0.39 is 11.9 Å². The average molecular weight is 397 g/mol. The van der Waals surface area contributed by atoms with E-state index in [2.05, 4.69) is 10.2 Å². The first-order chi connectivity index (χ1) is 13.3. The van der Waals surface area contributed by atoms with E-state index in [1.54, 1.807) is 32.0 Å². The smallest absolute Gasteiger partial charge is 0.281 e. The van der Waals surface area contributed by atoms with Gasteiger partial charge in [-0.15, -0.1) is 10.2 Å². The van der Waals surface area contributed by atoms with Crippen LogP contribution >= 0.6 is 11.8 Å². The summed E-state index contributed by atoms with van der Waals surface area (Å²) in [7, 11) is 0. The third kappa shape index (κ3) is 3.99. The Labute approximate surface area is 164 Å². The first kappa shape index (κ1) is 19.4. The van der Waals surface area contributed by atoms with Crippen LogP contribution in [0.2, 0.25) is 0 Å². The zero-order valence-corrected chi connectivity index (χ0v) is 16.1. The number of aromatic carboxylic acids is 1. The van der Waals surface area contributed by atoms with Gasteiger partial charge in [-0.1, -0.05) is 12.1 Å². The second-order valence-corrected chi connectivity index (χ2v) is 6.98. The van der Waals surface area contributed by atoms with Gasteiger partial charge in [-0.25, -0.2) is 0 Å². The van der Waals surface area contributed by atoms with Crippen LogP contribution in [0.5, 0.6) is 0 Å². The van der Waals surface area contributed by atoms with Gasteiger partial charge in [0.2, 0.25) is 5.89 Å². The second-order valence-electron chi connectivity index (χ2n) is 5.98. The molecule has 0 radical (unpaired) electrons. The number of carbonyl (C=O) groups excluding carboxylic acids is 2. The van der Waals surface area contributed by atoms with E-state index in [4.69, 9.17) is 4.42 Å². The minimum absolute atomic E-state index is 0.0554. The summed E-state index contributed by atoms with van der Waals surface area (Å²) in [5, 5.41) is 30.2. The summed E-state index contributed by atoms with van der Waals surface area (Å²) in [5.74, 6) is -2.31. The van der Waals surface area contributed by atoms with Crippen molar-refractivity contribution in [1.82, 2.24) is 14.8 Å². The van der Waals surface area contributed by atoms with Crippen molar-refractivity contribution in [2.75, 3.05) is 0 Å². The monoisotopic (exact) mass is 397 g/mol. The van der Waals surface area contributed by atoms with Gasteiger partial charge in [-0.05, 0) is 61.0 Å². The number of hydrogen-bond donors (Lipinski definition) is 0. The number of hydrogen-bond acceptors (Lipinski definition) is 8. The molecule has 0 atom stereocenters. The van der Waals surface area contributed by atoms with Gasteiger partial charge >= 0.3 is 0 Å². The minimum Gasteiger partial charge on any atom is -0.545 e. The van der Waals surface area contributed by atoms with Gasteiger partial charge in [0.05, 0.1) is 11.9 Å². The van der Waals surface area contributed by atoms with E-state index in [1.807, 2.05) is 11.5 Å². The Bertz CT molecular complexity index is 1100. The van der Waals surface area contributed by atoms with Crippen molar-refractivity contribution < 1.29 is 24.2 Å². The summed E-state index contributed by atoms with van der Waals surface area (Å²) in [5.41, 5.74) is 2.86. The number of aliphatic carboxylic acids is 1. The van der Waals surface area contributed by atoms with Crippen LogP contribution < -0.4 is 10.2 Å². The molecule has 0 bridgehead atoms. The van der Waals surface area contributed by atoms with E-state index in [0.717, 1.165) is 23.1 Å². The summed E-state index contributed by atoms with van der Waals surface area (Å²) in [6, 6.07) is 8.12. The maximum absolute atomic E-state index is 11.5. The number of thioether (sulfide) groups is 1. The van der Waals surface area contributed by atoms with E-state index in [9.17, 15) is 19.8 Å². The average Bonchev–Trinajstić information content (AvgIpc) is 3.17. The molecule has 0 aliphatic rings. The van der Waals surface area contributed by atoms with Crippen LogP contribution in [-0.2, 0) is 4.79 Å². The maximum Gasteiger partial charge on any atom is 0.281 e. The van der Waals surface area contributed by atoms with Gasteiger partial charge in [0.15, 0.2) is 0 Å². The van der Waals surface area contributed by atoms with Crippen molar-refractivity contribution in [3.8, 4) is 5.69 Å². The molecule has 28 heavy (non-hydrogen) atoms. The third-order valence-electron chi connectivity index (χ3n) is 4.00. The van der Waals surface area contributed by atoms with Crippen LogP contribution in [0.4, 0.5) is 0 Å². The minimum atomic E-state index is -1.37. The first-order valence-electron chi connectivity index (χ1n) is 8.18. The molecule has 8 nitrogen and oxygen atoms in total. The highest BCUT2D eigenvalue weighted by atomic mass is 32.2. The molecule has 0 unspecified atom stereocenters. The Kier molecular flexibility index (Phi) is 5.36. The van der Waals surface area contributed by atoms with E-state index >= 15 is 0 Å². The van der Waals surface area contributed by atoms with Crippen molar-refractivity contribution in [1.29, 1.82) is 0 Å². The SMILES string of the molecule is Cc1nnc(S/C(=C\c2cc(C)n(-c3cccc(C(=O)[O-])c3)c2C)C(=O)[O-])o1. The Hall–Kier alpha value is -3.33. The number of carbonyl (C=O) groups is 2. The molecule has 3 aromatic rings. The molecular weight excluding hydrogens is 382 g/mol. The van der Waals surface area contributed by atoms with Gasteiger partial charge in [0.25, 0.3) is 5.22 Å². The lowest BCUT2D eigenvalue weighted by molar-refractivity contribution is -0.298. The summed E-state index contributed by atoms with van der Waals surface area (Å²) in [6.45, 7) is 5.25. The fraction of sp³-hybridized carbons (Fsp3) is 0.158. The van der Waals surface area contributed by atoms with Crippen molar-refractivity contribution in [3.63, 3.8) is 0 Å². The maximum atomic E-state index is 11.5. The number of nitrogens with zero attached hydrogens (tertiary/aromatic N) is 3. The molecule has 0 spiro atoms. The van der Waals surface area contributed by atoms with Crippen molar-refractivity contribution in [2.45, 2.75) is 26.0 Å². The van der Waals surface area contributed by atoms with Crippen LogP contribution in [0.3, 0.4) is 0 Å². The fourth-order valence-corrected chi connectivity index (χ4v) is 3.49. The quantitative estimate of drug-likeness (QED) is 0.446. The lowest BCUT2D eigenvalue weighted by atomic mass is 10.2. The van der Waals surface area contributed by atoms with E-state index in [1.165, 1.54) is 18.2 Å². The predicted octanol–water partition coefficient (Wildman–Crippen LogP) is 1.03. The molecule has 144 valence electrons. The Morgan fingerprint density at radius 2 is 1.89 bits per heavy atom. The zero-order chi connectivity index (χ0) is 20.4. The summed E-state index contributed by atoms with van der Waals surface area (Å²) in [6.07, 6.45) is 1.46. The van der Waals surface area contributed by atoms with Crippen molar-refractivity contribution in [3.05, 3.63) is 63.6 Å². The number of rotatable bonds is 6. The summed E-state index contributed by atoms with van der Waals surface area (Å²) in [4.78, 5) is 22.6. The molecule has 0 amide bonds. The molecule has 2 aromatic heterocycles. The van der Waals surface area contributed by atoms with E-state index in [0.29, 0.717) is 17.1 Å². The van der Waals surface area contributed by atoms with Crippen LogP contribution in [0.1, 0.15) is 33.2 Å².